The summed E-state index contributed by atoms with van der Waals surface area (Å²) in [5.74, 6) is 1.44. The number of nitrogens with zero attached hydrogens (tertiary/aromatic N) is 1. The van der Waals surface area contributed by atoms with E-state index in [-0.39, 0.29) is 0 Å². The molecule has 0 fully saturated rings. The van der Waals surface area contributed by atoms with Gasteiger partial charge in [0.15, 0.2) is 0 Å². The summed E-state index contributed by atoms with van der Waals surface area (Å²) in [5, 5.41) is 4.37. The number of aryl methyl sites for hydroxylation is 2. The van der Waals surface area contributed by atoms with E-state index in [1.165, 1.54) is 16.7 Å². The Hall–Kier alpha value is -1.65. The predicted octanol–water partition coefficient (Wildman–Crippen LogP) is 4.91. The lowest BCUT2D eigenvalue weighted by Gasteiger charge is -2.16. The SMILES string of the molecule is Cc1cc(S)c2[nH]cnc(NCC3CCc4cc(Cl)ccc43)c1-2. The Morgan fingerprint density at radius 3 is 3.13 bits per heavy atom. The number of hydrogen-bond acceptors (Lipinski definition) is 3. The van der Waals surface area contributed by atoms with Crippen LogP contribution >= 0.6 is 24.2 Å². The zero-order valence-corrected chi connectivity index (χ0v) is 14.5. The molecule has 0 bridgehead atoms. The summed E-state index contributed by atoms with van der Waals surface area (Å²) in [6.07, 6.45) is 3.98. The average molecular weight is 344 g/mol. The van der Waals surface area contributed by atoms with Crippen LogP contribution in [0.25, 0.3) is 11.3 Å². The van der Waals surface area contributed by atoms with Crippen molar-refractivity contribution in [2.24, 2.45) is 0 Å². The van der Waals surface area contributed by atoms with Crippen molar-refractivity contribution < 1.29 is 0 Å². The zero-order valence-electron chi connectivity index (χ0n) is 12.9. The highest BCUT2D eigenvalue weighted by Crippen LogP contribution is 2.38. The summed E-state index contributed by atoms with van der Waals surface area (Å²) in [6.45, 7) is 2.98. The number of thiol groups is 1. The highest BCUT2D eigenvalue weighted by molar-refractivity contribution is 7.80. The van der Waals surface area contributed by atoms with Crippen molar-refractivity contribution in [1.82, 2.24) is 9.97 Å². The molecule has 1 heterocycles. The van der Waals surface area contributed by atoms with Crippen LogP contribution in [0.15, 0.2) is 35.5 Å². The Balaban J connectivity index is 1.57. The molecular weight excluding hydrogens is 326 g/mol. The van der Waals surface area contributed by atoms with Gasteiger partial charge in [-0.1, -0.05) is 17.7 Å². The Bertz CT molecular complexity index is 842. The fourth-order valence-electron chi connectivity index (χ4n) is 3.59. The summed E-state index contributed by atoms with van der Waals surface area (Å²) < 4.78 is 0. The second kappa shape index (κ2) is 5.77. The van der Waals surface area contributed by atoms with Crippen molar-refractivity contribution in [3.8, 4) is 11.3 Å². The third-order valence-electron chi connectivity index (χ3n) is 4.72. The molecule has 1 atom stereocenters. The molecule has 23 heavy (non-hydrogen) atoms. The number of halogens is 1. The van der Waals surface area contributed by atoms with Crippen LogP contribution in [0.1, 0.15) is 29.0 Å². The molecule has 1 aromatic carbocycles. The molecule has 0 amide bonds. The summed E-state index contributed by atoms with van der Waals surface area (Å²) in [7, 11) is 0. The third kappa shape index (κ3) is 2.60. The minimum atomic E-state index is 0.508. The van der Waals surface area contributed by atoms with Gasteiger partial charge in [-0.05, 0) is 54.7 Å². The van der Waals surface area contributed by atoms with E-state index in [4.69, 9.17) is 11.6 Å². The van der Waals surface area contributed by atoms with Crippen LogP contribution in [0.3, 0.4) is 0 Å². The second-order valence-electron chi connectivity index (χ2n) is 6.17. The van der Waals surface area contributed by atoms with Crippen molar-refractivity contribution in [2.45, 2.75) is 30.6 Å². The standard InChI is InChI=1S/C18H18ClN3S/c1-10-6-15(23)17-16(10)18(22-9-21-17)20-8-12-3-2-11-7-13(19)4-5-14(11)12/h4-7,9,12,20,23H,2-3,8H2,1H3,(H,21,22). The smallest absolute Gasteiger partial charge is 0.137 e. The van der Waals surface area contributed by atoms with Crippen LogP contribution < -0.4 is 5.32 Å². The normalized spacial score (nSPS) is 16.7. The number of nitrogens with one attached hydrogen (secondary N) is 2. The molecule has 3 aliphatic rings. The Kier molecular flexibility index (Phi) is 3.74. The minimum absolute atomic E-state index is 0.508. The molecular formula is C18H18ClN3S. The molecule has 2 aliphatic carbocycles. The van der Waals surface area contributed by atoms with E-state index < -0.39 is 0 Å². The van der Waals surface area contributed by atoms with Gasteiger partial charge in [-0.25, -0.2) is 4.98 Å². The number of benzene rings is 1. The second-order valence-corrected chi connectivity index (χ2v) is 7.09. The first-order valence-electron chi connectivity index (χ1n) is 7.81. The van der Waals surface area contributed by atoms with Crippen molar-refractivity contribution in [1.29, 1.82) is 0 Å². The topological polar surface area (TPSA) is 40.7 Å². The van der Waals surface area contributed by atoms with Crippen LogP contribution in [-0.2, 0) is 6.42 Å². The van der Waals surface area contributed by atoms with Gasteiger partial charge in [0.2, 0.25) is 0 Å². The predicted molar refractivity (Wildman–Crippen MR) is 98.2 cm³/mol. The third-order valence-corrected chi connectivity index (χ3v) is 5.30. The first-order valence-corrected chi connectivity index (χ1v) is 8.64. The number of aromatic amines is 1. The molecule has 0 radical (unpaired) electrons. The number of fused-ring (bicyclic) bond motifs is 2. The molecule has 0 saturated heterocycles. The quantitative estimate of drug-likeness (QED) is 0.591. The first-order chi connectivity index (χ1) is 11.1. The van der Waals surface area contributed by atoms with E-state index >= 15 is 0 Å². The van der Waals surface area contributed by atoms with Gasteiger partial charge < -0.3 is 10.3 Å². The van der Waals surface area contributed by atoms with E-state index in [1.807, 2.05) is 6.07 Å². The molecule has 0 aromatic heterocycles. The van der Waals surface area contributed by atoms with Crippen molar-refractivity contribution in [2.75, 3.05) is 11.9 Å². The number of rotatable bonds is 3. The molecule has 4 rings (SSSR count). The molecule has 0 saturated carbocycles. The van der Waals surface area contributed by atoms with E-state index in [0.717, 1.165) is 46.4 Å². The summed E-state index contributed by atoms with van der Waals surface area (Å²) in [6, 6.07) is 8.32. The summed E-state index contributed by atoms with van der Waals surface area (Å²) >= 11 is 10.6. The van der Waals surface area contributed by atoms with Crippen LogP contribution in [0, 0.1) is 6.92 Å². The molecule has 5 heteroatoms. The van der Waals surface area contributed by atoms with Gasteiger partial charge in [0.1, 0.15) is 5.82 Å². The highest BCUT2D eigenvalue weighted by atomic mass is 35.5. The van der Waals surface area contributed by atoms with Crippen molar-refractivity contribution >= 4 is 30.0 Å². The maximum atomic E-state index is 6.09. The molecule has 1 aromatic rings. The number of H-pyrrole nitrogens is 1. The summed E-state index contributed by atoms with van der Waals surface area (Å²) in [4.78, 5) is 8.64. The van der Waals surface area contributed by atoms with Crippen molar-refractivity contribution in [3.05, 3.63) is 52.3 Å². The largest absolute Gasteiger partial charge is 0.369 e. The lowest BCUT2D eigenvalue weighted by atomic mass is 10.0. The molecule has 3 nitrogen and oxygen atoms in total. The molecule has 1 aliphatic heterocycles. The highest BCUT2D eigenvalue weighted by Gasteiger charge is 2.23. The Morgan fingerprint density at radius 1 is 1.39 bits per heavy atom. The van der Waals surface area contributed by atoms with Crippen LogP contribution in [-0.4, -0.2) is 16.5 Å². The fourth-order valence-corrected chi connectivity index (χ4v) is 4.16. The zero-order chi connectivity index (χ0) is 16.0. The van der Waals surface area contributed by atoms with E-state index in [1.54, 1.807) is 6.33 Å². The van der Waals surface area contributed by atoms with E-state index in [9.17, 15) is 0 Å². The maximum Gasteiger partial charge on any atom is 0.137 e. The van der Waals surface area contributed by atoms with Crippen LogP contribution in [0.5, 0.6) is 0 Å². The molecule has 1 unspecified atom stereocenters. The van der Waals surface area contributed by atoms with Crippen LogP contribution in [0.4, 0.5) is 5.82 Å². The lowest BCUT2D eigenvalue weighted by molar-refractivity contribution is 0.707. The molecule has 118 valence electrons. The molecule has 2 N–H and O–H groups in total. The number of hydrogen-bond donors (Lipinski definition) is 3. The van der Waals surface area contributed by atoms with Gasteiger partial charge in [-0.3, -0.25) is 0 Å². The minimum Gasteiger partial charge on any atom is -0.369 e. The van der Waals surface area contributed by atoms with Crippen LogP contribution in [0.2, 0.25) is 5.02 Å². The maximum absolute atomic E-state index is 6.09. The number of anilines is 1. The van der Waals surface area contributed by atoms with Gasteiger partial charge in [0.05, 0.1) is 12.0 Å². The van der Waals surface area contributed by atoms with E-state index in [2.05, 4.69) is 53.0 Å². The van der Waals surface area contributed by atoms with Crippen molar-refractivity contribution in [3.63, 3.8) is 0 Å². The number of aromatic nitrogens is 2. The van der Waals surface area contributed by atoms with Gasteiger partial charge in [0, 0.05) is 27.9 Å². The first kappa shape index (κ1) is 14.9. The van der Waals surface area contributed by atoms with Gasteiger partial charge in [-0.2, -0.15) is 0 Å². The average Bonchev–Trinajstić information content (AvgIpc) is 3.06. The lowest BCUT2D eigenvalue weighted by Crippen LogP contribution is -2.12. The van der Waals surface area contributed by atoms with Gasteiger partial charge >= 0.3 is 0 Å². The Labute approximate surface area is 146 Å². The van der Waals surface area contributed by atoms with Gasteiger partial charge in [-0.15, -0.1) is 12.6 Å². The monoisotopic (exact) mass is 343 g/mol. The fraction of sp³-hybridized carbons (Fsp3) is 0.278. The Morgan fingerprint density at radius 2 is 2.26 bits per heavy atom. The van der Waals surface area contributed by atoms with Gasteiger partial charge in [0.25, 0.3) is 0 Å². The summed E-state index contributed by atoms with van der Waals surface area (Å²) in [5.41, 5.74) is 6.16. The molecule has 0 spiro atoms. The van der Waals surface area contributed by atoms with E-state index in [0.29, 0.717) is 5.92 Å².